The third-order valence-electron chi connectivity index (χ3n) is 4.38. The van der Waals surface area contributed by atoms with E-state index in [9.17, 15) is 24.5 Å². The Balaban J connectivity index is 2.43. The van der Waals surface area contributed by atoms with Crippen LogP contribution in [0.5, 0.6) is 5.75 Å². The van der Waals surface area contributed by atoms with Gasteiger partial charge in [-0.3, -0.25) is 24.5 Å². The standard InChI is InChI=1S/C22H13ClNO6/c1-30-22-16(20(26)13-8-4-2-5-9-13)18(23)15(12-25)19(24(28)29)17(22)21(27)14-10-6-3-7-11-14/h2-11H,1H3. The van der Waals surface area contributed by atoms with Crippen molar-refractivity contribution in [2.45, 2.75) is 0 Å². The molecule has 149 valence electrons. The third-order valence-corrected chi connectivity index (χ3v) is 4.76. The van der Waals surface area contributed by atoms with Crippen LogP contribution in [0.3, 0.4) is 0 Å². The average Bonchev–Trinajstić information content (AvgIpc) is 2.78. The number of ether oxygens (including phenoxy) is 1. The smallest absolute Gasteiger partial charge is 0.297 e. The number of nitro benzene ring substituents is 1. The van der Waals surface area contributed by atoms with Crippen LogP contribution >= 0.6 is 11.6 Å². The number of methoxy groups -OCH3 is 1. The van der Waals surface area contributed by atoms with Crippen LogP contribution in [0.4, 0.5) is 5.69 Å². The Morgan fingerprint density at radius 3 is 1.80 bits per heavy atom. The van der Waals surface area contributed by atoms with E-state index in [0.717, 1.165) is 7.11 Å². The molecule has 0 saturated heterocycles. The van der Waals surface area contributed by atoms with Crippen LogP contribution < -0.4 is 4.74 Å². The number of nitrogens with zero attached hydrogens (tertiary/aromatic N) is 1. The van der Waals surface area contributed by atoms with Crippen LogP contribution in [0.1, 0.15) is 37.4 Å². The summed E-state index contributed by atoms with van der Waals surface area (Å²) in [6, 6.07) is 15.6. The summed E-state index contributed by atoms with van der Waals surface area (Å²) in [6.07, 6.45) is 1.41. The summed E-state index contributed by atoms with van der Waals surface area (Å²) in [7, 11) is 1.16. The van der Waals surface area contributed by atoms with E-state index in [1.807, 2.05) is 0 Å². The lowest BCUT2D eigenvalue weighted by atomic mass is 9.91. The predicted octanol–water partition coefficient (Wildman–Crippen LogP) is 4.18. The minimum Gasteiger partial charge on any atom is -0.495 e. The van der Waals surface area contributed by atoms with E-state index in [0.29, 0.717) is 0 Å². The first-order valence-electron chi connectivity index (χ1n) is 8.57. The van der Waals surface area contributed by atoms with Gasteiger partial charge in [-0.25, -0.2) is 0 Å². The van der Waals surface area contributed by atoms with Crippen molar-refractivity contribution in [2.24, 2.45) is 0 Å². The average molecular weight is 423 g/mol. The van der Waals surface area contributed by atoms with Gasteiger partial charge in [-0.2, -0.15) is 0 Å². The molecule has 0 fully saturated rings. The molecule has 0 amide bonds. The summed E-state index contributed by atoms with van der Waals surface area (Å²) in [6.45, 7) is 0. The van der Waals surface area contributed by atoms with Gasteiger partial charge >= 0.3 is 0 Å². The number of carbonyl (C=O) groups is 2. The fraction of sp³-hybridized carbons (Fsp3) is 0.0455. The molecule has 0 aliphatic carbocycles. The highest BCUT2D eigenvalue weighted by Gasteiger charge is 2.37. The first-order chi connectivity index (χ1) is 14.4. The lowest BCUT2D eigenvalue weighted by molar-refractivity contribution is -0.385. The second-order valence-electron chi connectivity index (χ2n) is 6.07. The lowest BCUT2D eigenvalue weighted by Gasteiger charge is -2.16. The summed E-state index contributed by atoms with van der Waals surface area (Å²) < 4.78 is 5.27. The third kappa shape index (κ3) is 3.58. The Bertz CT molecular complexity index is 1160. The molecule has 1 radical (unpaired) electrons. The maximum atomic E-state index is 13.2. The number of benzene rings is 3. The first kappa shape index (κ1) is 20.9. The van der Waals surface area contributed by atoms with Gasteiger partial charge < -0.3 is 4.74 Å². The zero-order valence-corrected chi connectivity index (χ0v) is 16.3. The first-order valence-corrected chi connectivity index (χ1v) is 8.95. The summed E-state index contributed by atoms with van der Waals surface area (Å²) in [5.74, 6) is -1.84. The van der Waals surface area contributed by atoms with Crippen molar-refractivity contribution in [2.75, 3.05) is 7.11 Å². The van der Waals surface area contributed by atoms with Crippen LogP contribution in [0.15, 0.2) is 60.7 Å². The minimum atomic E-state index is -0.915. The Morgan fingerprint density at radius 1 is 0.933 bits per heavy atom. The zero-order chi connectivity index (χ0) is 21.8. The van der Waals surface area contributed by atoms with Gasteiger partial charge in [0.1, 0.15) is 16.9 Å². The molecule has 0 heterocycles. The summed E-state index contributed by atoms with van der Waals surface area (Å²) in [4.78, 5) is 48.8. The second-order valence-corrected chi connectivity index (χ2v) is 6.45. The van der Waals surface area contributed by atoms with E-state index >= 15 is 0 Å². The maximum absolute atomic E-state index is 13.2. The predicted molar refractivity (Wildman–Crippen MR) is 109 cm³/mol. The van der Waals surface area contributed by atoms with Crippen LogP contribution in [0.25, 0.3) is 0 Å². The van der Waals surface area contributed by atoms with E-state index < -0.39 is 38.3 Å². The lowest BCUT2D eigenvalue weighted by Crippen LogP contribution is -2.15. The topological polar surface area (TPSA) is 104 Å². The van der Waals surface area contributed by atoms with Crippen molar-refractivity contribution in [1.82, 2.24) is 0 Å². The molecule has 30 heavy (non-hydrogen) atoms. The monoisotopic (exact) mass is 422 g/mol. The maximum Gasteiger partial charge on any atom is 0.297 e. The molecule has 0 aliphatic heterocycles. The van der Waals surface area contributed by atoms with Gasteiger partial charge in [-0.15, -0.1) is 0 Å². The minimum absolute atomic E-state index is 0.108. The highest BCUT2D eigenvalue weighted by Crippen LogP contribution is 2.43. The fourth-order valence-corrected chi connectivity index (χ4v) is 3.35. The molecule has 3 aromatic rings. The van der Waals surface area contributed by atoms with E-state index in [1.165, 1.54) is 30.6 Å². The molecule has 0 aromatic heterocycles. The molecule has 3 aromatic carbocycles. The molecule has 0 bridgehead atoms. The fourth-order valence-electron chi connectivity index (χ4n) is 3.05. The van der Waals surface area contributed by atoms with Gasteiger partial charge in [0.15, 0.2) is 5.78 Å². The second kappa shape index (κ2) is 8.67. The Hall–Kier alpha value is -3.84. The number of rotatable bonds is 7. The Kier molecular flexibility index (Phi) is 6.03. The SMILES string of the molecule is COc1c(C(=O)c2ccccc2)c(Cl)c([C]=O)c([N+](=O)[O-])c1C(=O)c1ccccc1. The summed E-state index contributed by atoms with van der Waals surface area (Å²) in [5.41, 5.74) is -2.13. The number of hydrogen-bond donors (Lipinski definition) is 0. The Labute approximate surface area is 176 Å². The van der Waals surface area contributed by atoms with E-state index in [4.69, 9.17) is 16.3 Å². The molecule has 0 aliphatic rings. The summed E-state index contributed by atoms with van der Waals surface area (Å²) in [5, 5.41) is 11.3. The van der Waals surface area contributed by atoms with Gasteiger partial charge in [-0.1, -0.05) is 72.3 Å². The van der Waals surface area contributed by atoms with Crippen molar-refractivity contribution in [3.8, 4) is 5.75 Å². The number of halogens is 1. The number of carbonyl (C=O) groups excluding carboxylic acids is 3. The van der Waals surface area contributed by atoms with Crippen LogP contribution in [0.2, 0.25) is 5.02 Å². The van der Waals surface area contributed by atoms with Crippen molar-refractivity contribution < 1.29 is 24.0 Å². The molecule has 8 heteroatoms. The van der Waals surface area contributed by atoms with Gasteiger partial charge in [0.2, 0.25) is 12.1 Å². The van der Waals surface area contributed by atoms with Gasteiger partial charge in [0.05, 0.1) is 22.6 Å². The van der Waals surface area contributed by atoms with E-state index in [1.54, 1.807) is 36.4 Å². The van der Waals surface area contributed by atoms with Gasteiger partial charge in [0.25, 0.3) is 5.69 Å². The largest absolute Gasteiger partial charge is 0.495 e. The van der Waals surface area contributed by atoms with E-state index in [2.05, 4.69) is 0 Å². The normalized spacial score (nSPS) is 10.3. The van der Waals surface area contributed by atoms with Crippen LogP contribution in [-0.4, -0.2) is 29.9 Å². The van der Waals surface area contributed by atoms with Crippen LogP contribution in [0, 0.1) is 10.1 Å². The molecule has 3 rings (SSSR count). The van der Waals surface area contributed by atoms with Gasteiger partial charge in [-0.05, 0) is 0 Å². The van der Waals surface area contributed by atoms with Crippen molar-refractivity contribution >= 4 is 35.1 Å². The van der Waals surface area contributed by atoms with Crippen molar-refractivity contribution in [1.29, 1.82) is 0 Å². The number of nitro groups is 1. The molecule has 0 unspecified atom stereocenters. The molecule has 0 atom stereocenters. The quantitative estimate of drug-likeness (QED) is 0.321. The van der Waals surface area contributed by atoms with Crippen molar-refractivity contribution in [3.63, 3.8) is 0 Å². The van der Waals surface area contributed by atoms with Crippen molar-refractivity contribution in [3.05, 3.63) is 104 Å². The molecule has 0 saturated carbocycles. The summed E-state index contributed by atoms with van der Waals surface area (Å²) >= 11 is 6.23. The molecule has 0 spiro atoms. The zero-order valence-electron chi connectivity index (χ0n) is 15.5. The van der Waals surface area contributed by atoms with Gasteiger partial charge in [0, 0.05) is 11.1 Å². The van der Waals surface area contributed by atoms with Crippen LogP contribution in [-0.2, 0) is 4.79 Å². The highest BCUT2D eigenvalue weighted by molar-refractivity contribution is 6.39. The van der Waals surface area contributed by atoms with E-state index in [-0.39, 0.29) is 22.4 Å². The molecule has 0 N–H and O–H groups in total. The molecular formula is C22H13ClNO6. The highest BCUT2D eigenvalue weighted by atomic mass is 35.5. The number of ketones is 2. The Morgan fingerprint density at radius 2 is 1.40 bits per heavy atom. The molecule has 7 nitrogen and oxygen atoms in total. The number of hydrogen-bond acceptors (Lipinski definition) is 6. The molecular weight excluding hydrogens is 410 g/mol.